The Bertz CT molecular complexity index is 826. The molecule has 1 atom stereocenters. The molecule has 0 aromatic heterocycles. The van der Waals surface area contributed by atoms with E-state index in [1.807, 2.05) is 60.7 Å². The highest BCUT2D eigenvalue weighted by Gasteiger charge is 2.31. The molecule has 1 fully saturated rings. The molecule has 1 N–H and O–H groups in total. The van der Waals surface area contributed by atoms with Crippen LogP contribution in [0.2, 0.25) is 0 Å². The molecule has 1 unspecified atom stereocenters. The normalized spacial score (nSPS) is 16.0. The van der Waals surface area contributed by atoms with Gasteiger partial charge in [0.15, 0.2) is 0 Å². The van der Waals surface area contributed by atoms with E-state index in [0.29, 0.717) is 19.3 Å². The highest BCUT2D eigenvalue weighted by Crippen LogP contribution is 2.20. The van der Waals surface area contributed by atoms with Gasteiger partial charge in [0, 0.05) is 12.8 Å². The van der Waals surface area contributed by atoms with Crippen LogP contribution in [0.5, 0.6) is 0 Å². The number of hydrogen-bond donors (Lipinski definition) is 1. The summed E-state index contributed by atoms with van der Waals surface area (Å²) in [5, 5.41) is 1.09. The molecule has 2 aromatic rings. The average molecular weight is 396 g/mol. The van der Waals surface area contributed by atoms with Gasteiger partial charge >= 0.3 is 12.2 Å². The fourth-order valence-corrected chi connectivity index (χ4v) is 3.15. The number of hydrogen-bond acceptors (Lipinski definition) is 5. The Morgan fingerprint density at radius 2 is 1.52 bits per heavy atom. The second-order valence-electron chi connectivity index (χ2n) is 6.87. The van der Waals surface area contributed by atoms with Crippen LogP contribution in [0, 0.1) is 0 Å². The minimum atomic E-state index is -0.775. The molecule has 1 aliphatic rings. The lowest BCUT2D eigenvalue weighted by Gasteiger charge is -2.32. The van der Waals surface area contributed by atoms with Crippen LogP contribution in [0.4, 0.5) is 9.59 Å². The lowest BCUT2D eigenvalue weighted by Crippen LogP contribution is -2.53. The van der Waals surface area contributed by atoms with E-state index in [-0.39, 0.29) is 25.4 Å². The second kappa shape index (κ2) is 10.3. The van der Waals surface area contributed by atoms with Gasteiger partial charge in [0.1, 0.15) is 19.0 Å². The maximum absolute atomic E-state index is 12.7. The Labute approximate surface area is 169 Å². The predicted octanol–water partition coefficient (Wildman–Crippen LogP) is 3.98. The first-order valence-electron chi connectivity index (χ1n) is 9.61. The Hall–Kier alpha value is -3.35. The number of amides is 2. The van der Waals surface area contributed by atoms with E-state index in [4.69, 9.17) is 9.47 Å². The molecule has 7 heteroatoms. The van der Waals surface area contributed by atoms with Crippen molar-refractivity contribution in [3.05, 3.63) is 71.8 Å². The number of ether oxygens (including phenoxy) is 2. The van der Waals surface area contributed by atoms with Crippen molar-refractivity contribution in [3.63, 3.8) is 0 Å². The van der Waals surface area contributed by atoms with Gasteiger partial charge in [-0.25, -0.2) is 20.0 Å². The zero-order chi connectivity index (χ0) is 20.5. The molecule has 0 spiro atoms. The van der Waals surface area contributed by atoms with E-state index in [2.05, 4.69) is 5.43 Å². The third-order valence-corrected chi connectivity index (χ3v) is 4.65. The molecule has 1 aliphatic carbocycles. The van der Waals surface area contributed by atoms with Gasteiger partial charge < -0.3 is 9.47 Å². The first kappa shape index (κ1) is 20.4. The van der Waals surface area contributed by atoms with E-state index in [1.165, 1.54) is 0 Å². The van der Waals surface area contributed by atoms with Crippen molar-refractivity contribution in [2.45, 2.75) is 44.9 Å². The summed E-state index contributed by atoms with van der Waals surface area (Å²) < 4.78 is 10.6. The first-order chi connectivity index (χ1) is 14.1. The molecule has 29 heavy (non-hydrogen) atoms. The van der Waals surface area contributed by atoms with Crippen LogP contribution in [-0.4, -0.2) is 29.0 Å². The van der Waals surface area contributed by atoms with Crippen LogP contribution in [-0.2, 0) is 27.5 Å². The largest absolute Gasteiger partial charge is 0.443 e. The van der Waals surface area contributed by atoms with Gasteiger partial charge in [0.05, 0.1) is 6.04 Å². The summed E-state index contributed by atoms with van der Waals surface area (Å²) in [5.41, 5.74) is 4.11. The second-order valence-corrected chi connectivity index (χ2v) is 6.87. The minimum absolute atomic E-state index is 0.0570. The summed E-state index contributed by atoms with van der Waals surface area (Å²) in [5.74, 6) is 0.0570. The quantitative estimate of drug-likeness (QED) is 0.773. The molecule has 2 aromatic carbocycles. The van der Waals surface area contributed by atoms with E-state index in [1.54, 1.807) is 0 Å². The van der Waals surface area contributed by atoms with Crippen LogP contribution in [0.25, 0.3) is 0 Å². The molecule has 2 amide bonds. The smallest absolute Gasteiger partial charge is 0.429 e. The van der Waals surface area contributed by atoms with Crippen molar-refractivity contribution in [2.75, 3.05) is 0 Å². The summed E-state index contributed by atoms with van der Waals surface area (Å²) in [6.45, 7) is 0.140. The van der Waals surface area contributed by atoms with Gasteiger partial charge in [-0.05, 0) is 24.0 Å². The number of Topliss-reactive ketones (excluding diaryl/α,β-unsaturated/α-hetero) is 1. The Morgan fingerprint density at radius 3 is 2.10 bits per heavy atom. The molecular formula is C22H24N2O5. The van der Waals surface area contributed by atoms with E-state index >= 15 is 0 Å². The van der Waals surface area contributed by atoms with Gasteiger partial charge in [-0.3, -0.25) is 4.79 Å². The fourth-order valence-electron chi connectivity index (χ4n) is 3.15. The minimum Gasteiger partial charge on any atom is -0.443 e. The molecule has 1 saturated carbocycles. The summed E-state index contributed by atoms with van der Waals surface area (Å²) >= 11 is 0. The number of benzene rings is 2. The number of hydrazine groups is 1. The number of ketones is 1. The number of carbonyl (C=O) groups excluding carboxylic acids is 3. The Morgan fingerprint density at radius 1 is 0.931 bits per heavy atom. The van der Waals surface area contributed by atoms with Crippen LogP contribution in [0.3, 0.4) is 0 Å². The van der Waals surface area contributed by atoms with E-state index in [0.717, 1.165) is 16.1 Å². The van der Waals surface area contributed by atoms with Crippen molar-refractivity contribution in [1.82, 2.24) is 10.4 Å². The lowest BCUT2D eigenvalue weighted by atomic mass is 9.94. The molecule has 0 saturated heterocycles. The molecule has 7 nitrogen and oxygen atoms in total. The summed E-state index contributed by atoms with van der Waals surface area (Å²) in [4.78, 5) is 36.8. The number of nitrogens with zero attached hydrogens (tertiary/aromatic N) is 1. The van der Waals surface area contributed by atoms with Gasteiger partial charge in [-0.2, -0.15) is 0 Å². The Balaban J connectivity index is 1.61. The van der Waals surface area contributed by atoms with Crippen molar-refractivity contribution >= 4 is 18.0 Å². The topological polar surface area (TPSA) is 84.9 Å². The maximum atomic E-state index is 12.7. The van der Waals surface area contributed by atoms with E-state index in [9.17, 15) is 14.4 Å². The first-order valence-corrected chi connectivity index (χ1v) is 9.61. The standard InChI is InChI=1S/C22H24N2O5/c25-20-13-7-12-19(14-20)24(22(27)29-16-18-10-5-2-6-11-18)23-21(26)28-15-17-8-3-1-4-9-17/h1-6,8-11,19H,7,12-16H2,(H,23,26). The van der Waals surface area contributed by atoms with Crippen LogP contribution in [0.1, 0.15) is 36.8 Å². The fraction of sp³-hybridized carbons (Fsp3) is 0.318. The zero-order valence-corrected chi connectivity index (χ0v) is 16.1. The van der Waals surface area contributed by atoms with Crippen molar-refractivity contribution in [3.8, 4) is 0 Å². The maximum Gasteiger partial charge on any atom is 0.429 e. The van der Waals surface area contributed by atoms with Crippen molar-refractivity contribution < 1.29 is 23.9 Å². The number of nitrogens with one attached hydrogen (secondary N) is 1. The van der Waals surface area contributed by atoms with Gasteiger partial charge in [-0.15, -0.1) is 0 Å². The molecule has 0 heterocycles. The molecule has 0 radical (unpaired) electrons. The molecule has 152 valence electrons. The molecule has 0 aliphatic heterocycles. The van der Waals surface area contributed by atoms with Crippen LogP contribution >= 0.6 is 0 Å². The monoisotopic (exact) mass is 396 g/mol. The van der Waals surface area contributed by atoms with Crippen LogP contribution < -0.4 is 5.43 Å². The van der Waals surface area contributed by atoms with E-state index < -0.39 is 18.2 Å². The number of rotatable bonds is 5. The third-order valence-electron chi connectivity index (χ3n) is 4.65. The highest BCUT2D eigenvalue weighted by atomic mass is 16.6. The summed E-state index contributed by atoms with van der Waals surface area (Å²) in [6.07, 6.45) is 0.438. The predicted molar refractivity (Wildman–Crippen MR) is 105 cm³/mol. The highest BCUT2D eigenvalue weighted by molar-refractivity contribution is 5.81. The van der Waals surface area contributed by atoms with Crippen molar-refractivity contribution in [2.24, 2.45) is 0 Å². The molecular weight excluding hydrogens is 372 g/mol. The third kappa shape index (κ3) is 6.34. The summed E-state index contributed by atoms with van der Waals surface area (Å²) in [6, 6.07) is 18.0. The molecule has 3 rings (SSSR count). The summed E-state index contributed by atoms with van der Waals surface area (Å²) in [7, 11) is 0. The zero-order valence-electron chi connectivity index (χ0n) is 16.1. The van der Waals surface area contributed by atoms with Gasteiger partial charge in [0.2, 0.25) is 0 Å². The number of carbonyl (C=O) groups is 3. The Kier molecular flexibility index (Phi) is 7.22. The SMILES string of the molecule is O=C1CCCC(N(NC(=O)OCc2ccccc2)C(=O)OCc2ccccc2)C1. The van der Waals surface area contributed by atoms with Gasteiger partial charge in [0.25, 0.3) is 0 Å². The van der Waals surface area contributed by atoms with Gasteiger partial charge in [-0.1, -0.05) is 60.7 Å². The average Bonchev–Trinajstić information content (AvgIpc) is 2.76. The van der Waals surface area contributed by atoms with Crippen molar-refractivity contribution in [1.29, 1.82) is 0 Å². The van der Waals surface area contributed by atoms with Crippen LogP contribution in [0.15, 0.2) is 60.7 Å². The molecule has 0 bridgehead atoms. The lowest BCUT2D eigenvalue weighted by molar-refractivity contribution is -0.122.